The molecule has 15 heavy (non-hydrogen) atoms. The van der Waals surface area contributed by atoms with Gasteiger partial charge in [0.2, 0.25) is 0 Å². The monoisotopic (exact) mass is 208 g/mol. The maximum absolute atomic E-state index is 8.87. The molecule has 1 unspecified atom stereocenters. The van der Waals surface area contributed by atoms with Gasteiger partial charge < -0.3 is 9.84 Å². The number of aliphatic hydroxyl groups excluding tert-OH is 1. The van der Waals surface area contributed by atoms with Crippen LogP contribution in [-0.4, -0.2) is 24.4 Å². The highest BCUT2D eigenvalue weighted by molar-refractivity contribution is 5.18. The van der Waals surface area contributed by atoms with Crippen LogP contribution in [0.4, 0.5) is 0 Å². The number of hydrogen-bond donors (Lipinski definition) is 1. The Bertz CT molecular complexity index is 264. The van der Waals surface area contributed by atoms with Crippen LogP contribution in [0.5, 0.6) is 0 Å². The molecule has 0 bridgehead atoms. The van der Waals surface area contributed by atoms with Gasteiger partial charge in [-0.25, -0.2) is 0 Å². The highest BCUT2D eigenvalue weighted by atomic mass is 16.5. The van der Waals surface area contributed by atoms with Crippen LogP contribution >= 0.6 is 0 Å². The topological polar surface area (TPSA) is 29.5 Å². The average Bonchev–Trinajstić information content (AvgIpc) is 2.21. The summed E-state index contributed by atoms with van der Waals surface area (Å²) >= 11 is 0. The van der Waals surface area contributed by atoms with Gasteiger partial charge in [-0.05, 0) is 25.8 Å². The standard InChI is InChI=1S/C13H20O2/c1-4-6-9-13(5-2)11-15-10-7-8-12(3)14/h5-6,9,12,14H,4,10-11H2,1-3H3/b9-6-,13-5+. The molecule has 0 aliphatic heterocycles. The molecule has 0 aromatic rings. The highest BCUT2D eigenvalue weighted by Gasteiger charge is 1.90. The van der Waals surface area contributed by atoms with Gasteiger partial charge in [-0.2, -0.15) is 0 Å². The molecule has 2 heteroatoms. The van der Waals surface area contributed by atoms with E-state index < -0.39 is 6.10 Å². The van der Waals surface area contributed by atoms with Crippen molar-refractivity contribution >= 4 is 0 Å². The summed E-state index contributed by atoms with van der Waals surface area (Å²) in [6, 6.07) is 0. The molecule has 0 fully saturated rings. The van der Waals surface area contributed by atoms with Crippen LogP contribution in [0.25, 0.3) is 0 Å². The first-order valence-corrected chi connectivity index (χ1v) is 5.26. The minimum Gasteiger partial charge on any atom is -0.381 e. The number of aliphatic hydroxyl groups is 1. The van der Waals surface area contributed by atoms with E-state index in [1.54, 1.807) is 6.92 Å². The summed E-state index contributed by atoms with van der Waals surface area (Å²) in [5.74, 6) is 5.37. The Morgan fingerprint density at radius 3 is 2.80 bits per heavy atom. The molecule has 0 aliphatic carbocycles. The van der Waals surface area contributed by atoms with Crippen LogP contribution in [0.2, 0.25) is 0 Å². The minimum atomic E-state index is -0.574. The summed E-state index contributed by atoms with van der Waals surface area (Å²) < 4.78 is 5.33. The van der Waals surface area contributed by atoms with Gasteiger partial charge in [-0.3, -0.25) is 0 Å². The number of hydrogen-bond acceptors (Lipinski definition) is 2. The van der Waals surface area contributed by atoms with Gasteiger partial charge in [-0.1, -0.05) is 37.0 Å². The van der Waals surface area contributed by atoms with Crippen LogP contribution in [-0.2, 0) is 4.74 Å². The molecule has 0 saturated heterocycles. The minimum absolute atomic E-state index is 0.363. The van der Waals surface area contributed by atoms with Crippen LogP contribution in [0.3, 0.4) is 0 Å². The van der Waals surface area contributed by atoms with E-state index in [-0.39, 0.29) is 0 Å². The quantitative estimate of drug-likeness (QED) is 0.427. The molecule has 0 saturated carbocycles. The molecule has 0 amide bonds. The van der Waals surface area contributed by atoms with Gasteiger partial charge in [0.25, 0.3) is 0 Å². The van der Waals surface area contributed by atoms with Crippen molar-refractivity contribution in [3.63, 3.8) is 0 Å². The zero-order chi connectivity index (χ0) is 11.5. The summed E-state index contributed by atoms with van der Waals surface area (Å²) in [5, 5.41) is 8.87. The molecule has 0 aromatic carbocycles. The zero-order valence-corrected chi connectivity index (χ0v) is 9.79. The van der Waals surface area contributed by atoms with Crippen LogP contribution in [0, 0.1) is 11.8 Å². The van der Waals surface area contributed by atoms with E-state index in [9.17, 15) is 0 Å². The Morgan fingerprint density at radius 2 is 2.27 bits per heavy atom. The molecule has 1 atom stereocenters. The number of allylic oxidation sites excluding steroid dienone is 2. The molecule has 2 nitrogen and oxygen atoms in total. The largest absolute Gasteiger partial charge is 0.381 e. The van der Waals surface area contributed by atoms with Crippen molar-refractivity contribution in [2.45, 2.75) is 33.3 Å². The first-order chi connectivity index (χ1) is 7.20. The third kappa shape index (κ3) is 9.27. The zero-order valence-electron chi connectivity index (χ0n) is 9.79. The Balaban J connectivity index is 3.76. The lowest BCUT2D eigenvalue weighted by atomic mass is 10.2. The van der Waals surface area contributed by atoms with E-state index in [2.05, 4.69) is 30.9 Å². The van der Waals surface area contributed by atoms with Gasteiger partial charge in [0, 0.05) is 0 Å². The summed E-state index contributed by atoms with van der Waals surface area (Å²) in [5.41, 5.74) is 1.15. The van der Waals surface area contributed by atoms with Gasteiger partial charge in [0.15, 0.2) is 0 Å². The Kier molecular flexibility index (Phi) is 8.85. The predicted octanol–water partition coefficient (Wildman–Crippen LogP) is 2.30. The van der Waals surface area contributed by atoms with E-state index in [4.69, 9.17) is 9.84 Å². The van der Waals surface area contributed by atoms with Crippen molar-refractivity contribution in [2.24, 2.45) is 0 Å². The third-order valence-corrected chi connectivity index (χ3v) is 1.69. The number of rotatable bonds is 5. The van der Waals surface area contributed by atoms with E-state index >= 15 is 0 Å². The molecule has 0 spiro atoms. The lowest BCUT2D eigenvalue weighted by Gasteiger charge is -2.00. The molecular formula is C13H20O2. The summed E-state index contributed by atoms with van der Waals surface area (Å²) in [4.78, 5) is 0. The SMILES string of the molecule is C/C=C(\C=C/CC)COCC#CC(C)O. The van der Waals surface area contributed by atoms with Gasteiger partial charge in [0.1, 0.15) is 12.7 Å². The van der Waals surface area contributed by atoms with Crippen molar-refractivity contribution in [1.82, 2.24) is 0 Å². The third-order valence-electron chi connectivity index (χ3n) is 1.69. The number of ether oxygens (including phenoxy) is 1. The summed E-state index contributed by atoms with van der Waals surface area (Å²) in [6.45, 7) is 6.65. The maximum Gasteiger partial charge on any atom is 0.112 e. The molecule has 0 heterocycles. The van der Waals surface area contributed by atoms with Gasteiger partial charge in [-0.15, -0.1) is 0 Å². The van der Waals surface area contributed by atoms with Crippen LogP contribution in [0.1, 0.15) is 27.2 Å². The van der Waals surface area contributed by atoms with Gasteiger partial charge in [0.05, 0.1) is 6.61 Å². The first-order valence-electron chi connectivity index (χ1n) is 5.26. The second-order valence-electron chi connectivity index (χ2n) is 3.16. The fraction of sp³-hybridized carbons (Fsp3) is 0.538. The molecule has 1 N–H and O–H groups in total. The molecular weight excluding hydrogens is 188 g/mol. The molecule has 0 aromatic heterocycles. The molecule has 0 radical (unpaired) electrons. The second kappa shape index (κ2) is 9.51. The van der Waals surface area contributed by atoms with E-state index in [0.717, 1.165) is 12.0 Å². The van der Waals surface area contributed by atoms with Crippen molar-refractivity contribution < 1.29 is 9.84 Å². The van der Waals surface area contributed by atoms with Crippen molar-refractivity contribution in [2.75, 3.05) is 13.2 Å². The van der Waals surface area contributed by atoms with Gasteiger partial charge >= 0.3 is 0 Å². The fourth-order valence-electron chi connectivity index (χ4n) is 0.906. The van der Waals surface area contributed by atoms with Crippen LogP contribution < -0.4 is 0 Å². The van der Waals surface area contributed by atoms with E-state index in [1.807, 2.05) is 13.0 Å². The van der Waals surface area contributed by atoms with E-state index in [1.165, 1.54) is 0 Å². The normalized spacial score (nSPS) is 13.7. The Hall–Kier alpha value is -1.04. The van der Waals surface area contributed by atoms with E-state index in [0.29, 0.717) is 13.2 Å². The summed E-state index contributed by atoms with van der Waals surface area (Å²) in [6.07, 6.45) is 6.63. The van der Waals surface area contributed by atoms with Crippen molar-refractivity contribution in [3.05, 3.63) is 23.8 Å². The fourth-order valence-corrected chi connectivity index (χ4v) is 0.906. The Labute approximate surface area is 92.6 Å². The highest BCUT2D eigenvalue weighted by Crippen LogP contribution is 1.98. The Morgan fingerprint density at radius 1 is 1.53 bits per heavy atom. The lowest BCUT2D eigenvalue weighted by molar-refractivity contribution is 0.193. The average molecular weight is 208 g/mol. The second-order valence-corrected chi connectivity index (χ2v) is 3.16. The smallest absolute Gasteiger partial charge is 0.112 e. The first kappa shape index (κ1) is 14.0. The van der Waals surface area contributed by atoms with Crippen molar-refractivity contribution in [3.8, 4) is 11.8 Å². The van der Waals surface area contributed by atoms with Crippen molar-refractivity contribution in [1.29, 1.82) is 0 Å². The molecule has 0 rings (SSSR count). The molecule has 0 aliphatic rings. The van der Waals surface area contributed by atoms with Crippen LogP contribution in [0.15, 0.2) is 23.8 Å². The maximum atomic E-state index is 8.87. The lowest BCUT2D eigenvalue weighted by Crippen LogP contribution is -1.98. The summed E-state index contributed by atoms with van der Waals surface area (Å²) in [7, 11) is 0. The predicted molar refractivity (Wildman–Crippen MR) is 63.5 cm³/mol. The molecule has 84 valence electrons.